The van der Waals surface area contributed by atoms with Crippen molar-refractivity contribution in [1.29, 1.82) is 0 Å². The van der Waals surface area contributed by atoms with Crippen LogP contribution in [-0.4, -0.2) is 28.9 Å². The maximum absolute atomic E-state index is 13.1. The van der Waals surface area contributed by atoms with E-state index in [1.54, 1.807) is 6.92 Å². The first-order valence-corrected chi connectivity index (χ1v) is 11.2. The Kier molecular flexibility index (Phi) is 7.10. The average molecular weight is 407 g/mol. The number of aryl methyl sites for hydroxylation is 1. The molecule has 154 valence electrons. The van der Waals surface area contributed by atoms with Crippen molar-refractivity contribution in [2.75, 3.05) is 5.32 Å². The number of fused-ring (bicyclic) bond motifs is 1. The van der Waals surface area contributed by atoms with Crippen molar-refractivity contribution < 1.29 is 19.5 Å². The molecule has 1 aromatic rings. The summed E-state index contributed by atoms with van der Waals surface area (Å²) in [6.07, 6.45) is 9.68. The van der Waals surface area contributed by atoms with Crippen LogP contribution in [0.15, 0.2) is 0 Å². The summed E-state index contributed by atoms with van der Waals surface area (Å²) in [5.41, 5.74) is 1.74. The van der Waals surface area contributed by atoms with Crippen molar-refractivity contribution in [2.45, 2.75) is 83.6 Å². The Morgan fingerprint density at radius 1 is 1.07 bits per heavy atom. The lowest BCUT2D eigenvalue weighted by atomic mass is 9.93. The van der Waals surface area contributed by atoms with E-state index in [2.05, 4.69) is 10.6 Å². The Hall–Kier alpha value is -1.89. The van der Waals surface area contributed by atoms with Gasteiger partial charge in [0.1, 0.15) is 5.00 Å². The van der Waals surface area contributed by atoms with Crippen LogP contribution in [0.5, 0.6) is 0 Å². The zero-order valence-electron chi connectivity index (χ0n) is 16.5. The molecule has 1 atom stereocenters. The normalized spacial score (nSPS) is 18.2. The Labute approximate surface area is 170 Å². The first kappa shape index (κ1) is 20.8. The highest BCUT2D eigenvalue weighted by atomic mass is 32.1. The summed E-state index contributed by atoms with van der Waals surface area (Å²) >= 11 is 1.51. The molecule has 3 N–H and O–H groups in total. The lowest BCUT2D eigenvalue weighted by Crippen LogP contribution is -2.37. The van der Waals surface area contributed by atoms with E-state index < -0.39 is 5.97 Å². The zero-order valence-corrected chi connectivity index (χ0v) is 17.3. The second kappa shape index (κ2) is 9.54. The molecule has 3 rings (SSSR count). The molecule has 6 nitrogen and oxygen atoms in total. The second-order valence-corrected chi connectivity index (χ2v) is 9.28. The molecule has 1 fully saturated rings. The number of carbonyl (C=O) groups excluding carboxylic acids is 2. The molecule has 0 radical (unpaired) electrons. The molecule has 1 saturated carbocycles. The minimum Gasteiger partial charge on any atom is -0.481 e. The quantitative estimate of drug-likeness (QED) is 0.634. The predicted octanol–water partition coefficient (Wildman–Crippen LogP) is 4.13. The Balaban J connectivity index is 1.74. The number of rotatable bonds is 7. The highest BCUT2D eigenvalue weighted by Gasteiger charge is 2.28. The Bertz CT molecular complexity index is 737. The van der Waals surface area contributed by atoms with Gasteiger partial charge < -0.3 is 15.7 Å². The molecule has 7 heteroatoms. The van der Waals surface area contributed by atoms with Crippen molar-refractivity contribution in [3.63, 3.8) is 0 Å². The van der Waals surface area contributed by atoms with Crippen molar-refractivity contribution in [1.82, 2.24) is 5.32 Å². The highest BCUT2D eigenvalue weighted by molar-refractivity contribution is 7.17. The summed E-state index contributed by atoms with van der Waals surface area (Å²) in [5, 5.41) is 15.6. The van der Waals surface area contributed by atoms with Crippen LogP contribution in [0.2, 0.25) is 0 Å². The van der Waals surface area contributed by atoms with Crippen molar-refractivity contribution in [3.8, 4) is 0 Å². The molecule has 0 unspecified atom stereocenters. The predicted molar refractivity (Wildman–Crippen MR) is 110 cm³/mol. The van der Waals surface area contributed by atoms with Gasteiger partial charge in [0.2, 0.25) is 5.91 Å². The van der Waals surface area contributed by atoms with E-state index >= 15 is 0 Å². The van der Waals surface area contributed by atoms with Gasteiger partial charge in [0, 0.05) is 23.8 Å². The first-order chi connectivity index (χ1) is 13.4. The molecule has 1 aromatic heterocycles. The molecule has 1 heterocycles. The van der Waals surface area contributed by atoms with Gasteiger partial charge in [-0.15, -0.1) is 11.3 Å². The fourth-order valence-corrected chi connectivity index (χ4v) is 5.57. The van der Waals surface area contributed by atoms with Crippen LogP contribution in [0.25, 0.3) is 0 Å². The number of anilines is 1. The molecular weight excluding hydrogens is 376 g/mol. The van der Waals surface area contributed by atoms with Crippen LogP contribution < -0.4 is 10.6 Å². The number of carboxylic acids is 1. The number of amides is 2. The molecule has 2 amide bonds. The van der Waals surface area contributed by atoms with Crippen LogP contribution in [-0.2, 0) is 22.4 Å². The second-order valence-electron chi connectivity index (χ2n) is 8.18. The van der Waals surface area contributed by atoms with Gasteiger partial charge in [-0.05, 0) is 50.0 Å². The van der Waals surface area contributed by atoms with Gasteiger partial charge in [0.05, 0.1) is 5.56 Å². The molecule has 0 aromatic carbocycles. The molecule has 0 saturated heterocycles. The molecular formula is C21H30N2O4S. The SMILES string of the molecule is C[C@@H](CC(=O)O)CC(=O)Nc1sc2c(c1C(=O)NC1CCCCC1)CCCC2. The molecule has 0 bridgehead atoms. The number of carboxylic acid groups (broad SMARTS) is 1. The molecule has 0 aliphatic heterocycles. The smallest absolute Gasteiger partial charge is 0.303 e. The van der Waals surface area contributed by atoms with E-state index in [9.17, 15) is 14.4 Å². The van der Waals surface area contributed by atoms with Crippen LogP contribution >= 0.6 is 11.3 Å². The van der Waals surface area contributed by atoms with Crippen LogP contribution in [0.4, 0.5) is 5.00 Å². The summed E-state index contributed by atoms with van der Waals surface area (Å²) in [6.45, 7) is 1.75. The summed E-state index contributed by atoms with van der Waals surface area (Å²) in [5.74, 6) is -1.44. The maximum Gasteiger partial charge on any atom is 0.303 e. The lowest BCUT2D eigenvalue weighted by molar-refractivity contribution is -0.138. The van der Waals surface area contributed by atoms with Crippen LogP contribution in [0.1, 0.15) is 85.5 Å². The molecule has 2 aliphatic rings. The fraction of sp³-hybridized carbons (Fsp3) is 0.667. The third-order valence-electron chi connectivity index (χ3n) is 5.65. The number of aliphatic carboxylic acids is 1. The van der Waals surface area contributed by atoms with Crippen molar-refractivity contribution in [2.24, 2.45) is 5.92 Å². The number of thiophene rings is 1. The first-order valence-electron chi connectivity index (χ1n) is 10.4. The van der Waals surface area contributed by atoms with Gasteiger partial charge in [-0.25, -0.2) is 0 Å². The number of hydrogen-bond donors (Lipinski definition) is 3. The Morgan fingerprint density at radius 3 is 2.50 bits per heavy atom. The van der Waals surface area contributed by atoms with Gasteiger partial charge in [-0.1, -0.05) is 26.2 Å². The standard InChI is InChI=1S/C21H30N2O4S/c1-13(12-18(25)26)11-17(24)23-21-19(15-9-5-6-10-16(15)28-21)20(27)22-14-7-3-2-4-8-14/h13-14H,2-12H2,1H3,(H,22,27)(H,23,24)(H,25,26)/t13-/m1/s1. The summed E-state index contributed by atoms with van der Waals surface area (Å²) in [6, 6.07) is 0.222. The van der Waals surface area contributed by atoms with E-state index in [-0.39, 0.29) is 36.6 Å². The van der Waals surface area contributed by atoms with E-state index in [1.807, 2.05) is 0 Å². The molecule has 28 heavy (non-hydrogen) atoms. The molecule has 2 aliphatic carbocycles. The van der Waals surface area contributed by atoms with Gasteiger partial charge in [-0.2, -0.15) is 0 Å². The number of nitrogens with one attached hydrogen (secondary N) is 2. The van der Waals surface area contributed by atoms with E-state index in [4.69, 9.17) is 5.11 Å². The monoisotopic (exact) mass is 406 g/mol. The zero-order chi connectivity index (χ0) is 20.1. The highest BCUT2D eigenvalue weighted by Crippen LogP contribution is 2.38. The molecule has 0 spiro atoms. The minimum absolute atomic E-state index is 0.0383. The summed E-state index contributed by atoms with van der Waals surface area (Å²) in [7, 11) is 0. The summed E-state index contributed by atoms with van der Waals surface area (Å²) in [4.78, 5) is 37.6. The van der Waals surface area contributed by atoms with Gasteiger partial charge in [-0.3, -0.25) is 14.4 Å². The summed E-state index contributed by atoms with van der Waals surface area (Å²) < 4.78 is 0. The average Bonchev–Trinajstić information content (AvgIpc) is 2.99. The maximum atomic E-state index is 13.1. The Morgan fingerprint density at radius 2 is 1.79 bits per heavy atom. The van der Waals surface area contributed by atoms with Crippen LogP contribution in [0.3, 0.4) is 0 Å². The lowest BCUT2D eigenvalue weighted by Gasteiger charge is -2.23. The largest absolute Gasteiger partial charge is 0.481 e. The van der Waals surface area contributed by atoms with E-state index in [0.29, 0.717) is 10.6 Å². The number of hydrogen-bond acceptors (Lipinski definition) is 4. The third kappa shape index (κ3) is 5.34. The van der Waals surface area contributed by atoms with Gasteiger partial charge >= 0.3 is 5.97 Å². The number of carbonyl (C=O) groups is 3. The van der Waals surface area contributed by atoms with Gasteiger partial charge in [0.15, 0.2) is 0 Å². The van der Waals surface area contributed by atoms with Gasteiger partial charge in [0.25, 0.3) is 5.91 Å². The van der Waals surface area contributed by atoms with Crippen molar-refractivity contribution in [3.05, 3.63) is 16.0 Å². The van der Waals surface area contributed by atoms with E-state index in [0.717, 1.165) is 56.9 Å². The van der Waals surface area contributed by atoms with E-state index in [1.165, 1.54) is 22.6 Å². The third-order valence-corrected chi connectivity index (χ3v) is 6.86. The topological polar surface area (TPSA) is 95.5 Å². The fourth-order valence-electron chi connectivity index (χ4n) is 4.26. The van der Waals surface area contributed by atoms with Crippen LogP contribution in [0, 0.1) is 5.92 Å². The van der Waals surface area contributed by atoms with Crippen molar-refractivity contribution >= 4 is 34.1 Å². The minimum atomic E-state index is -0.903.